The summed E-state index contributed by atoms with van der Waals surface area (Å²) in [7, 11) is 5.64. The van der Waals surface area contributed by atoms with Crippen LogP contribution in [0.25, 0.3) is 16.7 Å². The number of hydrogen-bond donors (Lipinski definition) is 0. The third-order valence-electron chi connectivity index (χ3n) is 7.15. The molecule has 0 aliphatic carbocycles. The number of carbonyl (C=O) groups is 1. The molecule has 0 N–H and O–H groups in total. The molecule has 178 valence electrons. The van der Waals surface area contributed by atoms with E-state index < -0.39 is 0 Å². The van der Waals surface area contributed by atoms with Crippen molar-refractivity contribution in [3.63, 3.8) is 0 Å². The molecule has 0 saturated carbocycles. The third kappa shape index (κ3) is 3.90. The van der Waals surface area contributed by atoms with Crippen LogP contribution in [0.2, 0.25) is 0 Å². The number of para-hydroxylation sites is 2. The molecule has 0 bridgehead atoms. The van der Waals surface area contributed by atoms with E-state index in [9.17, 15) is 10.1 Å². The normalized spacial score (nSPS) is 15.8. The summed E-state index contributed by atoms with van der Waals surface area (Å²) in [6.07, 6.45) is 1.72. The van der Waals surface area contributed by atoms with Crippen molar-refractivity contribution in [1.82, 2.24) is 14.3 Å². The fraction of sp³-hybridized carbons (Fsp3) is 0.321. The number of hydrogen-bond acceptors (Lipinski definition) is 6. The first-order valence-electron chi connectivity index (χ1n) is 11.8. The van der Waals surface area contributed by atoms with Gasteiger partial charge < -0.3 is 14.5 Å². The lowest BCUT2D eigenvalue weighted by molar-refractivity contribution is 0.0600. The van der Waals surface area contributed by atoms with Crippen LogP contribution in [-0.2, 0) is 11.2 Å². The number of benzene rings is 2. The molecule has 7 nitrogen and oxygen atoms in total. The number of likely N-dealkylation sites (N-methyl/N-ethyl adjacent to an activating group) is 1. The van der Waals surface area contributed by atoms with Crippen molar-refractivity contribution in [2.75, 3.05) is 39.2 Å². The Kier molecular flexibility index (Phi) is 5.91. The molecule has 0 spiro atoms. The minimum absolute atomic E-state index is 0.349. The molecule has 2 aromatic carbocycles. The molecule has 0 amide bonds. The predicted molar refractivity (Wildman–Crippen MR) is 137 cm³/mol. The number of imidazole rings is 1. The Balaban J connectivity index is 1.73. The lowest BCUT2D eigenvalue weighted by Crippen LogP contribution is -2.32. The zero-order valence-corrected chi connectivity index (χ0v) is 20.6. The first kappa shape index (κ1) is 22.9. The number of fused-ring (bicyclic) bond motifs is 3. The molecule has 1 aliphatic heterocycles. The smallest absolute Gasteiger partial charge is 0.337 e. The first-order chi connectivity index (χ1) is 16.9. The second-order valence-electron chi connectivity index (χ2n) is 9.39. The molecule has 35 heavy (non-hydrogen) atoms. The summed E-state index contributed by atoms with van der Waals surface area (Å²) in [5.74, 6) is 0.755. The van der Waals surface area contributed by atoms with Gasteiger partial charge in [0.15, 0.2) is 5.65 Å². The molecule has 1 atom stereocenters. The zero-order valence-electron chi connectivity index (χ0n) is 20.6. The molecule has 0 radical (unpaired) electrons. The molecule has 1 aliphatic rings. The lowest BCUT2D eigenvalue weighted by Gasteiger charge is -2.27. The largest absolute Gasteiger partial charge is 0.465 e. The van der Waals surface area contributed by atoms with Crippen LogP contribution < -0.4 is 4.90 Å². The van der Waals surface area contributed by atoms with Crippen molar-refractivity contribution in [1.29, 1.82) is 5.26 Å². The van der Waals surface area contributed by atoms with Crippen molar-refractivity contribution in [2.24, 2.45) is 0 Å². The van der Waals surface area contributed by atoms with E-state index in [1.165, 1.54) is 7.11 Å². The molecule has 1 saturated heterocycles. The quantitative estimate of drug-likeness (QED) is 0.410. The minimum Gasteiger partial charge on any atom is -0.465 e. The van der Waals surface area contributed by atoms with E-state index in [0.717, 1.165) is 53.1 Å². The van der Waals surface area contributed by atoms with Crippen LogP contribution in [0.1, 0.15) is 39.0 Å². The van der Waals surface area contributed by atoms with Gasteiger partial charge in [-0.1, -0.05) is 24.3 Å². The molecule has 7 heteroatoms. The highest BCUT2D eigenvalue weighted by molar-refractivity contribution is 5.89. The second-order valence-corrected chi connectivity index (χ2v) is 9.39. The topological polar surface area (TPSA) is 73.9 Å². The Labute approximate surface area is 205 Å². The van der Waals surface area contributed by atoms with Crippen LogP contribution in [0.5, 0.6) is 0 Å². The van der Waals surface area contributed by atoms with Crippen molar-refractivity contribution >= 4 is 28.5 Å². The number of nitriles is 1. The molecular weight excluding hydrogens is 438 g/mol. The number of carbonyl (C=O) groups excluding carboxylic acids is 1. The summed E-state index contributed by atoms with van der Waals surface area (Å²) < 4.78 is 7.02. The standard InChI is InChI=1S/C28H29N5O2/c1-18-22(15-19-9-11-20(12-10-19)28(34)35-4)27(32-14-13-21(17-32)31(2)3)33-25-8-6-5-7-24(25)30-26(33)23(18)16-29/h5-12,21H,13-15,17H2,1-4H3/t21-/m0/s1. The van der Waals surface area contributed by atoms with Crippen molar-refractivity contribution < 1.29 is 9.53 Å². The molecular formula is C28H29N5O2. The van der Waals surface area contributed by atoms with Gasteiger partial charge in [0, 0.05) is 31.1 Å². The molecule has 4 aromatic rings. The molecule has 3 heterocycles. The van der Waals surface area contributed by atoms with Gasteiger partial charge in [0.05, 0.1) is 29.3 Å². The van der Waals surface area contributed by atoms with E-state index in [-0.39, 0.29) is 5.97 Å². The summed E-state index contributed by atoms with van der Waals surface area (Å²) in [5, 5.41) is 10.2. The van der Waals surface area contributed by atoms with Gasteiger partial charge in [-0.15, -0.1) is 0 Å². The highest BCUT2D eigenvalue weighted by Crippen LogP contribution is 2.36. The number of anilines is 1. The number of esters is 1. The van der Waals surface area contributed by atoms with Crippen LogP contribution >= 0.6 is 0 Å². The number of methoxy groups -OCH3 is 1. The number of aromatic nitrogens is 2. The van der Waals surface area contributed by atoms with Crippen molar-refractivity contribution in [2.45, 2.75) is 25.8 Å². The van der Waals surface area contributed by atoms with Crippen LogP contribution in [0.3, 0.4) is 0 Å². The Hall–Kier alpha value is -3.89. The lowest BCUT2D eigenvalue weighted by atomic mass is 9.97. The monoisotopic (exact) mass is 467 g/mol. The fourth-order valence-corrected chi connectivity index (χ4v) is 5.14. The maximum atomic E-state index is 11.9. The molecule has 2 aromatic heterocycles. The van der Waals surface area contributed by atoms with Crippen LogP contribution in [0.15, 0.2) is 48.5 Å². The first-order valence-corrected chi connectivity index (χ1v) is 11.8. The highest BCUT2D eigenvalue weighted by Gasteiger charge is 2.30. The Bertz CT molecular complexity index is 1460. The average molecular weight is 468 g/mol. The van der Waals surface area contributed by atoms with Gasteiger partial charge in [0.2, 0.25) is 0 Å². The summed E-state index contributed by atoms with van der Waals surface area (Å²) in [5.41, 5.74) is 6.86. The van der Waals surface area contributed by atoms with E-state index in [4.69, 9.17) is 9.72 Å². The van der Waals surface area contributed by atoms with Gasteiger partial charge in [0.1, 0.15) is 11.9 Å². The van der Waals surface area contributed by atoms with Crippen molar-refractivity contribution in [3.05, 3.63) is 76.3 Å². The van der Waals surface area contributed by atoms with Crippen molar-refractivity contribution in [3.8, 4) is 6.07 Å². The average Bonchev–Trinajstić information content (AvgIpc) is 3.50. The Morgan fingerprint density at radius 2 is 1.94 bits per heavy atom. The molecule has 0 unspecified atom stereocenters. The van der Waals surface area contributed by atoms with E-state index in [1.807, 2.05) is 37.3 Å². The highest BCUT2D eigenvalue weighted by atomic mass is 16.5. The van der Waals surface area contributed by atoms with Crippen LogP contribution in [0, 0.1) is 18.3 Å². The predicted octanol–water partition coefficient (Wildman–Crippen LogP) is 4.19. The van der Waals surface area contributed by atoms with E-state index >= 15 is 0 Å². The Morgan fingerprint density at radius 1 is 1.20 bits per heavy atom. The van der Waals surface area contributed by atoms with Gasteiger partial charge in [-0.2, -0.15) is 5.26 Å². The van der Waals surface area contributed by atoms with Gasteiger partial charge in [-0.3, -0.25) is 4.40 Å². The van der Waals surface area contributed by atoms with Crippen LogP contribution in [-0.4, -0.2) is 60.6 Å². The second kappa shape index (κ2) is 9.05. The summed E-state index contributed by atoms with van der Waals surface area (Å²) >= 11 is 0. The maximum Gasteiger partial charge on any atom is 0.337 e. The third-order valence-corrected chi connectivity index (χ3v) is 7.15. The number of ether oxygens (including phenoxy) is 1. The maximum absolute atomic E-state index is 11.9. The zero-order chi connectivity index (χ0) is 24.7. The van der Waals surface area contributed by atoms with Gasteiger partial charge in [0.25, 0.3) is 0 Å². The number of nitrogens with zero attached hydrogens (tertiary/aromatic N) is 5. The SMILES string of the molecule is COC(=O)c1ccc(Cc2c(C)c(C#N)c3nc4ccccc4n3c2N2CC[C@H](N(C)C)C2)cc1. The summed E-state index contributed by atoms with van der Waals surface area (Å²) in [6, 6.07) is 18.5. The summed E-state index contributed by atoms with van der Waals surface area (Å²) in [6.45, 7) is 3.87. The summed E-state index contributed by atoms with van der Waals surface area (Å²) in [4.78, 5) is 21.5. The molecule has 1 fully saturated rings. The van der Waals surface area contributed by atoms with E-state index in [0.29, 0.717) is 29.2 Å². The van der Waals surface area contributed by atoms with Gasteiger partial charge in [-0.25, -0.2) is 9.78 Å². The fourth-order valence-electron chi connectivity index (χ4n) is 5.14. The number of rotatable bonds is 5. The van der Waals surface area contributed by atoms with Gasteiger partial charge >= 0.3 is 5.97 Å². The molecule has 5 rings (SSSR count). The number of pyridine rings is 1. The van der Waals surface area contributed by atoms with Gasteiger partial charge in [-0.05, 0) is 62.8 Å². The minimum atomic E-state index is -0.349. The van der Waals surface area contributed by atoms with E-state index in [2.05, 4.69) is 40.4 Å². The Morgan fingerprint density at radius 3 is 2.60 bits per heavy atom. The van der Waals surface area contributed by atoms with Crippen LogP contribution in [0.4, 0.5) is 5.82 Å². The van der Waals surface area contributed by atoms with E-state index in [1.54, 1.807) is 12.1 Å².